The molecule has 0 aromatic rings. The van der Waals surface area contributed by atoms with Gasteiger partial charge in [0.15, 0.2) is 0 Å². The molecule has 0 saturated heterocycles. The molecule has 0 spiro atoms. The van der Waals surface area contributed by atoms with E-state index in [1.807, 2.05) is 41.5 Å². The van der Waals surface area contributed by atoms with E-state index in [2.05, 4.69) is 0 Å². The van der Waals surface area contributed by atoms with Crippen LogP contribution in [0.2, 0.25) is 0 Å². The van der Waals surface area contributed by atoms with Gasteiger partial charge >= 0.3 is 0 Å². The standard InChI is InChI=1S/3C4H10O.ClH3Si/c3*1-4(2)3-5;1-2/h3*4-5H,3H2,1-2H3;2H3. The molecule has 0 aliphatic carbocycles. The Balaban J connectivity index is -0.0000000693. The van der Waals surface area contributed by atoms with Gasteiger partial charge in [0.25, 0.3) is 0 Å². The number of hydrogen-bond acceptors (Lipinski definition) is 3. The second-order valence-electron chi connectivity index (χ2n) is 4.73. The Morgan fingerprint density at radius 2 is 0.706 bits per heavy atom. The molecule has 0 bridgehead atoms. The van der Waals surface area contributed by atoms with Gasteiger partial charge in [-0.05, 0) is 17.8 Å². The Kier molecular flexibility index (Phi) is 38.8. The van der Waals surface area contributed by atoms with Crippen LogP contribution in [0.25, 0.3) is 0 Å². The summed E-state index contributed by atoms with van der Waals surface area (Å²) in [6.45, 7) is 12.7. The average Bonchev–Trinajstić information content (AvgIpc) is 2.32. The molecular weight excluding hydrogens is 256 g/mol. The van der Waals surface area contributed by atoms with Crippen molar-refractivity contribution in [2.75, 3.05) is 19.8 Å². The Morgan fingerprint density at radius 3 is 0.706 bits per heavy atom. The van der Waals surface area contributed by atoms with Gasteiger partial charge in [0, 0.05) is 19.8 Å². The fraction of sp³-hybridized carbons (Fsp3) is 1.00. The third-order valence-corrected chi connectivity index (χ3v) is 1.10. The quantitative estimate of drug-likeness (QED) is 0.544. The van der Waals surface area contributed by atoms with Gasteiger partial charge in [-0.1, -0.05) is 41.5 Å². The van der Waals surface area contributed by atoms with Crippen LogP contribution in [0.5, 0.6) is 0 Å². The molecule has 3 N–H and O–H groups in total. The van der Waals surface area contributed by atoms with E-state index in [0.29, 0.717) is 37.6 Å². The van der Waals surface area contributed by atoms with Gasteiger partial charge in [-0.2, -0.15) is 11.1 Å². The van der Waals surface area contributed by atoms with Crippen molar-refractivity contribution in [3.05, 3.63) is 0 Å². The highest BCUT2D eigenvalue weighted by Crippen LogP contribution is 1.84. The van der Waals surface area contributed by atoms with Crippen molar-refractivity contribution in [3.63, 3.8) is 0 Å². The van der Waals surface area contributed by atoms with Gasteiger partial charge in [-0.15, -0.1) is 0 Å². The van der Waals surface area contributed by atoms with E-state index in [1.54, 1.807) is 0 Å². The molecule has 5 heteroatoms. The van der Waals surface area contributed by atoms with E-state index in [9.17, 15) is 0 Å². The smallest absolute Gasteiger partial charge is 0.109 e. The molecule has 0 radical (unpaired) electrons. The van der Waals surface area contributed by atoms with E-state index in [4.69, 9.17) is 26.4 Å². The predicted octanol–water partition coefficient (Wildman–Crippen LogP) is 1.41. The van der Waals surface area contributed by atoms with Gasteiger partial charge in [0.05, 0.1) is 0 Å². The zero-order valence-electron chi connectivity index (χ0n) is 12.6. The van der Waals surface area contributed by atoms with E-state index >= 15 is 0 Å². The topological polar surface area (TPSA) is 60.7 Å². The molecule has 17 heavy (non-hydrogen) atoms. The van der Waals surface area contributed by atoms with Crippen molar-refractivity contribution in [1.82, 2.24) is 0 Å². The minimum atomic E-state index is 0.306. The molecule has 0 rings (SSSR count). The summed E-state index contributed by atoms with van der Waals surface area (Å²) in [5.74, 6) is 1.32. The highest BCUT2D eigenvalue weighted by Gasteiger charge is 1.82. The molecule has 3 nitrogen and oxygen atoms in total. The lowest BCUT2D eigenvalue weighted by atomic mass is 10.2. The number of aliphatic hydroxyl groups excluding tert-OH is 3. The van der Waals surface area contributed by atoms with Crippen molar-refractivity contribution in [3.8, 4) is 0 Å². The number of aliphatic hydroxyl groups is 3. The van der Waals surface area contributed by atoms with E-state index in [-0.39, 0.29) is 0 Å². The minimum absolute atomic E-state index is 0.306. The van der Waals surface area contributed by atoms with Crippen LogP contribution in [-0.2, 0) is 0 Å². The van der Waals surface area contributed by atoms with Crippen LogP contribution in [0.3, 0.4) is 0 Å². The zero-order valence-corrected chi connectivity index (χ0v) is 15.3. The first-order valence-electron chi connectivity index (χ1n) is 6.02. The SMILES string of the molecule is CC(C)CO.CC(C)CO.CC(C)CO.[SiH3]Cl. The summed E-state index contributed by atoms with van der Waals surface area (Å²) in [6, 6.07) is 0. The Morgan fingerprint density at radius 1 is 0.647 bits per heavy atom. The average molecular weight is 289 g/mol. The normalized spacial score (nSPS) is 9.00. The number of halogens is 1. The summed E-state index contributed by atoms with van der Waals surface area (Å²) >= 11 is 4.78. The maximum Gasteiger partial charge on any atom is 0.109 e. The lowest BCUT2D eigenvalue weighted by Gasteiger charge is -1.90. The maximum atomic E-state index is 8.14. The monoisotopic (exact) mass is 288 g/mol. The van der Waals surface area contributed by atoms with Gasteiger partial charge in [-0.25, -0.2) is 0 Å². The highest BCUT2D eigenvalue weighted by atomic mass is 35.6. The van der Waals surface area contributed by atoms with Crippen molar-refractivity contribution >= 4 is 20.6 Å². The molecule has 0 aromatic carbocycles. The lowest BCUT2D eigenvalue weighted by molar-refractivity contribution is 0.248. The third-order valence-electron chi connectivity index (χ3n) is 1.10. The third kappa shape index (κ3) is 83.1. The second-order valence-corrected chi connectivity index (χ2v) is 4.73. The maximum absolute atomic E-state index is 8.14. The van der Waals surface area contributed by atoms with Gasteiger partial charge in [0.1, 0.15) is 9.55 Å². The number of rotatable bonds is 3. The molecule has 110 valence electrons. The Labute approximate surface area is 115 Å². The van der Waals surface area contributed by atoms with Crippen molar-refractivity contribution < 1.29 is 15.3 Å². The molecule has 0 unspecified atom stereocenters. The van der Waals surface area contributed by atoms with Crippen LogP contribution in [0.15, 0.2) is 0 Å². The fourth-order valence-corrected chi connectivity index (χ4v) is 0. The molecule has 0 saturated carbocycles. The molecule has 0 fully saturated rings. The van der Waals surface area contributed by atoms with Gasteiger partial charge in [0.2, 0.25) is 0 Å². The fourth-order valence-electron chi connectivity index (χ4n) is 0. The highest BCUT2D eigenvalue weighted by molar-refractivity contribution is 6.80. The van der Waals surface area contributed by atoms with E-state index in [1.165, 1.54) is 0 Å². The molecular formula is C12H33ClO3Si. The van der Waals surface area contributed by atoms with Gasteiger partial charge < -0.3 is 15.3 Å². The summed E-state index contributed by atoms with van der Waals surface area (Å²) in [5, 5.41) is 24.4. The minimum Gasteiger partial charge on any atom is -0.396 e. The molecule has 0 aromatic heterocycles. The lowest BCUT2D eigenvalue weighted by Crippen LogP contribution is -1.90. The van der Waals surface area contributed by atoms with Gasteiger partial charge in [-0.3, -0.25) is 0 Å². The summed E-state index contributed by atoms with van der Waals surface area (Å²) in [6.07, 6.45) is 0. The molecule has 0 aliphatic rings. The first kappa shape index (κ1) is 26.1. The van der Waals surface area contributed by atoms with Crippen molar-refractivity contribution in [1.29, 1.82) is 0 Å². The first-order chi connectivity index (χ1) is 7.81. The van der Waals surface area contributed by atoms with Crippen LogP contribution in [0.1, 0.15) is 41.5 Å². The summed E-state index contributed by atoms with van der Waals surface area (Å²) in [5.41, 5.74) is 0. The molecule has 0 heterocycles. The summed E-state index contributed by atoms with van der Waals surface area (Å²) < 4.78 is 0. The van der Waals surface area contributed by atoms with Crippen molar-refractivity contribution in [2.24, 2.45) is 17.8 Å². The second kappa shape index (κ2) is 25.3. The van der Waals surface area contributed by atoms with Crippen LogP contribution < -0.4 is 0 Å². The van der Waals surface area contributed by atoms with Crippen LogP contribution in [0.4, 0.5) is 0 Å². The molecule has 0 atom stereocenters. The Hall–Kier alpha value is 0.387. The summed E-state index contributed by atoms with van der Waals surface area (Å²) in [7, 11) is 0.778. The number of hydrogen-bond donors (Lipinski definition) is 3. The van der Waals surface area contributed by atoms with Crippen LogP contribution in [0, 0.1) is 17.8 Å². The van der Waals surface area contributed by atoms with Crippen LogP contribution in [-0.4, -0.2) is 44.7 Å². The first-order valence-corrected chi connectivity index (χ1v) is 9.04. The van der Waals surface area contributed by atoms with Crippen molar-refractivity contribution in [2.45, 2.75) is 41.5 Å². The Bertz CT molecular complexity index is 82.7. The predicted molar refractivity (Wildman–Crippen MR) is 81.6 cm³/mol. The van der Waals surface area contributed by atoms with E-state index in [0.717, 1.165) is 9.55 Å². The largest absolute Gasteiger partial charge is 0.396 e. The molecule has 0 amide bonds. The summed E-state index contributed by atoms with van der Waals surface area (Å²) in [4.78, 5) is 0. The zero-order chi connectivity index (χ0) is 14.9. The molecule has 0 aliphatic heterocycles. The van der Waals surface area contributed by atoms with E-state index < -0.39 is 0 Å². The van der Waals surface area contributed by atoms with Crippen LogP contribution >= 0.6 is 11.1 Å².